The van der Waals surface area contributed by atoms with Crippen molar-refractivity contribution in [2.24, 2.45) is 0 Å². The Morgan fingerprint density at radius 2 is 1.78 bits per heavy atom. The molecule has 0 fully saturated rings. The first kappa shape index (κ1) is 21.6. The monoisotopic (exact) mass is 434 g/mol. The fourth-order valence-corrected chi connectivity index (χ4v) is 4.00. The molecular formula is C25H26N2O5. The highest BCUT2D eigenvalue weighted by atomic mass is 16.5. The smallest absolute Gasteiger partial charge is 0.339 e. The maximum Gasteiger partial charge on any atom is 0.339 e. The molecule has 0 aliphatic heterocycles. The lowest BCUT2D eigenvalue weighted by atomic mass is 10.0. The van der Waals surface area contributed by atoms with Crippen LogP contribution in [0.1, 0.15) is 28.7 Å². The number of nitrogens with one attached hydrogen (secondary N) is 1. The van der Waals surface area contributed by atoms with Crippen LogP contribution in [-0.2, 0) is 28.9 Å². The summed E-state index contributed by atoms with van der Waals surface area (Å²) in [6, 6.07) is 10.9. The number of carbonyl (C=O) groups excluding carboxylic acids is 2. The van der Waals surface area contributed by atoms with Crippen molar-refractivity contribution in [2.45, 2.75) is 32.6 Å². The largest absolute Gasteiger partial charge is 0.483 e. The van der Waals surface area contributed by atoms with Crippen molar-refractivity contribution in [1.29, 1.82) is 0 Å². The van der Waals surface area contributed by atoms with Gasteiger partial charge in [-0.25, -0.2) is 4.79 Å². The lowest BCUT2D eigenvalue weighted by Gasteiger charge is -2.13. The normalized spacial score (nSPS) is 12.5. The second-order valence-electron chi connectivity index (χ2n) is 8.26. The zero-order chi connectivity index (χ0) is 22.8. The van der Waals surface area contributed by atoms with Crippen LogP contribution in [0, 0.1) is 6.92 Å². The highest BCUT2D eigenvalue weighted by molar-refractivity contribution is 5.92. The van der Waals surface area contributed by atoms with Gasteiger partial charge in [-0.1, -0.05) is 12.1 Å². The van der Waals surface area contributed by atoms with Gasteiger partial charge in [-0.15, -0.1) is 0 Å². The van der Waals surface area contributed by atoms with Gasteiger partial charge < -0.3 is 19.4 Å². The van der Waals surface area contributed by atoms with E-state index < -0.39 is 0 Å². The van der Waals surface area contributed by atoms with Crippen LogP contribution >= 0.6 is 0 Å². The molecule has 0 saturated carbocycles. The molecule has 2 amide bonds. The minimum Gasteiger partial charge on any atom is -0.483 e. The number of rotatable bonds is 6. The van der Waals surface area contributed by atoms with Crippen molar-refractivity contribution < 1.29 is 18.7 Å². The minimum absolute atomic E-state index is 0.0155. The highest BCUT2D eigenvalue weighted by Crippen LogP contribution is 2.33. The van der Waals surface area contributed by atoms with Gasteiger partial charge >= 0.3 is 5.63 Å². The number of carbonyl (C=O) groups is 2. The van der Waals surface area contributed by atoms with Gasteiger partial charge in [-0.05, 0) is 61.6 Å². The summed E-state index contributed by atoms with van der Waals surface area (Å²) in [4.78, 5) is 38.0. The first-order chi connectivity index (χ1) is 15.3. The predicted molar refractivity (Wildman–Crippen MR) is 122 cm³/mol. The molecule has 32 heavy (non-hydrogen) atoms. The van der Waals surface area contributed by atoms with Crippen LogP contribution in [0.25, 0.3) is 11.0 Å². The summed E-state index contributed by atoms with van der Waals surface area (Å²) in [6.45, 7) is 1.65. The average molecular weight is 434 g/mol. The molecule has 0 atom stereocenters. The van der Waals surface area contributed by atoms with Gasteiger partial charge in [0.05, 0.1) is 6.42 Å². The average Bonchev–Trinajstić information content (AvgIpc) is 3.26. The molecule has 0 saturated heterocycles. The summed E-state index contributed by atoms with van der Waals surface area (Å²) >= 11 is 0. The number of anilines is 1. The van der Waals surface area contributed by atoms with Crippen LogP contribution in [0.2, 0.25) is 0 Å². The Balaban J connectivity index is 1.41. The molecule has 0 radical (unpaired) electrons. The molecule has 0 spiro atoms. The number of amides is 2. The first-order valence-electron chi connectivity index (χ1n) is 10.6. The van der Waals surface area contributed by atoms with Crippen LogP contribution in [0.4, 0.5) is 5.69 Å². The van der Waals surface area contributed by atoms with Crippen molar-refractivity contribution in [3.05, 3.63) is 69.1 Å². The first-order valence-corrected chi connectivity index (χ1v) is 10.6. The molecule has 7 nitrogen and oxygen atoms in total. The lowest BCUT2D eigenvalue weighted by Crippen LogP contribution is -2.23. The number of hydrogen-bond acceptors (Lipinski definition) is 5. The number of ether oxygens (including phenoxy) is 1. The molecule has 0 unspecified atom stereocenters. The number of nitrogens with zero attached hydrogens (tertiary/aromatic N) is 1. The number of likely N-dealkylation sites (N-methyl/N-ethyl adjacent to an activating group) is 1. The maximum absolute atomic E-state index is 12.3. The van der Waals surface area contributed by atoms with Gasteiger partial charge in [0.1, 0.15) is 11.3 Å². The van der Waals surface area contributed by atoms with Crippen LogP contribution in [0.15, 0.2) is 45.6 Å². The van der Waals surface area contributed by atoms with Crippen molar-refractivity contribution in [3.63, 3.8) is 0 Å². The standard InChI is InChI=1S/C25H26N2O5/c1-15-21(12-11-19-18-5-4-6-20(18)25(30)32-24(15)19)31-14-22(28)26-17-9-7-16(8-10-17)13-23(29)27(2)3/h7-12H,4-6,13-14H2,1-3H3,(H,26,28). The second kappa shape index (κ2) is 8.86. The number of fused-ring (bicyclic) bond motifs is 3. The number of aryl methyl sites for hydroxylation is 2. The molecular weight excluding hydrogens is 408 g/mol. The molecule has 1 N–H and O–H groups in total. The predicted octanol–water partition coefficient (Wildman–Crippen LogP) is 3.24. The van der Waals surface area contributed by atoms with Crippen LogP contribution in [0.3, 0.4) is 0 Å². The van der Waals surface area contributed by atoms with Crippen LogP contribution in [-0.4, -0.2) is 37.4 Å². The van der Waals surface area contributed by atoms with Crippen molar-refractivity contribution >= 4 is 28.5 Å². The molecule has 4 rings (SSSR count). The molecule has 1 aromatic heterocycles. The fourth-order valence-electron chi connectivity index (χ4n) is 4.00. The van der Waals surface area contributed by atoms with Crippen molar-refractivity contribution in [1.82, 2.24) is 4.90 Å². The van der Waals surface area contributed by atoms with Gasteiger partial charge in [0.15, 0.2) is 6.61 Å². The molecule has 166 valence electrons. The topological polar surface area (TPSA) is 88.9 Å². The summed E-state index contributed by atoms with van der Waals surface area (Å²) in [6.07, 6.45) is 2.91. The molecule has 1 aliphatic rings. The van der Waals surface area contributed by atoms with Gasteiger partial charge in [0.25, 0.3) is 5.91 Å². The SMILES string of the molecule is Cc1c(OCC(=O)Nc2ccc(CC(=O)N(C)C)cc2)ccc2c3c(c(=O)oc12)CCC3. The Labute approximate surface area is 186 Å². The Bertz CT molecular complexity index is 1240. The summed E-state index contributed by atoms with van der Waals surface area (Å²) in [5.41, 5.74) is 4.29. The third-order valence-corrected chi connectivity index (χ3v) is 5.79. The summed E-state index contributed by atoms with van der Waals surface area (Å²) in [5.74, 6) is 0.213. The van der Waals surface area contributed by atoms with Crippen LogP contribution < -0.4 is 15.7 Å². The quantitative estimate of drug-likeness (QED) is 0.602. The maximum atomic E-state index is 12.3. The van der Waals surface area contributed by atoms with E-state index in [0.717, 1.165) is 41.3 Å². The van der Waals surface area contributed by atoms with Crippen LogP contribution in [0.5, 0.6) is 5.75 Å². The lowest BCUT2D eigenvalue weighted by molar-refractivity contribution is -0.128. The molecule has 1 aliphatic carbocycles. The Morgan fingerprint density at radius 3 is 2.50 bits per heavy atom. The fraction of sp³-hybridized carbons (Fsp3) is 0.320. The van der Waals surface area contributed by atoms with E-state index in [9.17, 15) is 14.4 Å². The van der Waals surface area contributed by atoms with Crippen molar-refractivity contribution in [3.8, 4) is 5.75 Å². The van der Waals surface area contributed by atoms with Gasteiger partial charge in [0.2, 0.25) is 5.91 Å². The zero-order valence-corrected chi connectivity index (χ0v) is 18.5. The van der Waals surface area contributed by atoms with E-state index in [1.54, 1.807) is 31.1 Å². The van der Waals surface area contributed by atoms with E-state index in [0.29, 0.717) is 29.0 Å². The molecule has 0 bridgehead atoms. The van der Waals surface area contributed by atoms with E-state index in [4.69, 9.17) is 9.15 Å². The molecule has 7 heteroatoms. The van der Waals surface area contributed by atoms with Gasteiger partial charge in [-0.2, -0.15) is 0 Å². The second-order valence-corrected chi connectivity index (χ2v) is 8.26. The number of benzene rings is 2. The minimum atomic E-state index is -0.308. The summed E-state index contributed by atoms with van der Waals surface area (Å²) in [5, 5.41) is 3.73. The molecule has 2 aromatic carbocycles. The Hall–Kier alpha value is -3.61. The van der Waals surface area contributed by atoms with E-state index >= 15 is 0 Å². The van der Waals surface area contributed by atoms with E-state index in [-0.39, 0.29) is 24.0 Å². The number of hydrogen-bond donors (Lipinski definition) is 1. The zero-order valence-electron chi connectivity index (χ0n) is 18.5. The van der Waals surface area contributed by atoms with Crippen molar-refractivity contribution in [2.75, 3.05) is 26.0 Å². The Morgan fingerprint density at radius 1 is 1.06 bits per heavy atom. The van der Waals surface area contributed by atoms with Gasteiger partial charge in [-0.3, -0.25) is 9.59 Å². The third kappa shape index (κ3) is 4.37. The summed E-state index contributed by atoms with van der Waals surface area (Å²) in [7, 11) is 3.43. The molecule has 3 aromatic rings. The summed E-state index contributed by atoms with van der Waals surface area (Å²) < 4.78 is 11.3. The third-order valence-electron chi connectivity index (χ3n) is 5.79. The van der Waals surface area contributed by atoms with E-state index in [2.05, 4.69) is 5.32 Å². The highest BCUT2D eigenvalue weighted by Gasteiger charge is 2.21. The van der Waals surface area contributed by atoms with E-state index in [1.807, 2.05) is 31.2 Å². The molecule has 1 heterocycles. The van der Waals surface area contributed by atoms with Gasteiger partial charge in [0, 0.05) is 36.3 Å². The van der Waals surface area contributed by atoms with E-state index in [1.165, 1.54) is 0 Å². The Kier molecular flexibility index (Phi) is 5.99.